The van der Waals surface area contributed by atoms with E-state index in [0.29, 0.717) is 31.8 Å². The molecule has 2 heterocycles. The third-order valence-electron chi connectivity index (χ3n) is 4.11. The van der Waals surface area contributed by atoms with Gasteiger partial charge in [-0.1, -0.05) is 12.1 Å². The van der Waals surface area contributed by atoms with Gasteiger partial charge in [0.15, 0.2) is 6.39 Å². The maximum absolute atomic E-state index is 12.4. The highest BCUT2D eigenvalue weighted by atomic mass is 16.3. The summed E-state index contributed by atoms with van der Waals surface area (Å²) >= 11 is 0. The molecule has 3 rings (SSSR count). The van der Waals surface area contributed by atoms with Crippen molar-refractivity contribution in [1.82, 2.24) is 15.2 Å². The number of nitrogens with one attached hydrogen (secondary N) is 2. The van der Waals surface area contributed by atoms with Crippen molar-refractivity contribution in [1.29, 1.82) is 0 Å². The van der Waals surface area contributed by atoms with Crippen molar-refractivity contribution < 1.29 is 14.0 Å². The molecule has 2 N–H and O–H groups in total. The van der Waals surface area contributed by atoms with Crippen molar-refractivity contribution >= 4 is 17.6 Å². The summed E-state index contributed by atoms with van der Waals surface area (Å²) < 4.78 is 5.23. The lowest BCUT2D eigenvalue weighted by Crippen LogP contribution is -2.42. The average molecular weight is 328 g/mol. The Morgan fingerprint density at radius 1 is 1.38 bits per heavy atom. The molecule has 126 valence electrons. The molecule has 0 aliphatic carbocycles. The normalized spacial score (nSPS) is 13.3. The fourth-order valence-electron chi connectivity index (χ4n) is 2.85. The molecule has 1 aliphatic heterocycles. The molecule has 0 unspecified atom stereocenters. The number of urea groups is 1. The molecule has 0 radical (unpaired) electrons. The van der Waals surface area contributed by atoms with Crippen LogP contribution < -0.4 is 10.6 Å². The minimum Gasteiger partial charge on any atom is -0.446 e. The van der Waals surface area contributed by atoms with E-state index in [4.69, 9.17) is 4.42 Å². The molecule has 0 spiro atoms. The van der Waals surface area contributed by atoms with Crippen LogP contribution in [0.5, 0.6) is 0 Å². The van der Waals surface area contributed by atoms with Crippen LogP contribution in [0.1, 0.15) is 29.5 Å². The highest BCUT2D eigenvalue weighted by Crippen LogP contribution is 2.26. The number of hydrogen-bond donors (Lipinski definition) is 2. The zero-order valence-electron chi connectivity index (χ0n) is 13.8. The second kappa shape index (κ2) is 6.74. The maximum atomic E-state index is 12.4. The molecular weight excluding hydrogens is 308 g/mol. The van der Waals surface area contributed by atoms with E-state index in [1.165, 1.54) is 13.3 Å². The van der Waals surface area contributed by atoms with Gasteiger partial charge in [-0.2, -0.15) is 0 Å². The maximum Gasteiger partial charge on any atom is 0.318 e. The van der Waals surface area contributed by atoms with Gasteiger partial charge >= 0.3 is 6.03 Å². The monoisotopic (exact) mass is 328 g/mol. The van der Waals surface area contributed by atoms with Crippen LogP contribution in [-0.4, -0.2) is 28.4 Å². The van der Waals surface area contributed by atoms with E-state index in [1.54, 1.807) is 4.90 Å². The van der Waals surface area contributed by atoms with Crippen molar-refractivity contribution in [2.45, 2.75) is 33.4 Å². The second-order valence-corrected chi connectivity index (χ2v) is 5.82. The Morgan fingerprint density at radius 3 is 2.92 bits per heavy atom. The second-order valence-electron chi connectivity index (χ2n) is 5.82. The molecule has 0 saturated carbocycles. The van der Waals surface area contributed by atoms with Crippen molar-refractivity contribution in [2.75, 3.05) is 11.9 Å². The van der Waals surface area contributed by atoms with Gasteiger partial charge < -0.3 is 20.0 Å². The van der Waals surface area contributed by atoms with Crippen LogP contribution >= 0.6 is 0 Å². The van der Waals surface area contributed by atoms with Gasteiger partial charge in [0.2, 0.25) is 5.91 Å². The molecular formula is C17H20N4O3. The smallest absolute Gasteiger partial charge is 0.318 e. The topological polar surface area (TPSA) is 87.5 Å². The number of nitrogens with zero attached hydrogens (tertiary/aromatic N) is 2. The molecule has 1 aromatic carbocycles. The van der Waals surface area contributed by atoms with E-state index in [1.807, 2.05) is 25.1 Å². The fourth-order valence-corrected chi connectivity index (χ4v) is 2.85. The van der Waals surface area contributed by atoms with Gasteiger partial charge in [0.1, 0.15) is 5.76 Å². The molecule has 1 aromatic heterocycles. The number of oxazole rings is 1. The number of aryl methyl sites for hydroxylation is 1. The lowest BCUT2D eigenvalue weighted by Gasteiger charge is -2.30. The number of hydrogen-bond acceptors (Lipinski definition) is 4. The average Bonchev–Trinajstić information content (AvgIpc) is 2.97. The predicted molar refractivity (Wildman–Crippen MR) is 88.3 cm³/mol. The lowest BCUT2D eigenvalue weighted by atomic mass is 9.98. The quantitative estimate of drug-likeness (QED) is 0.904. The summed E-state index contributed by atoms with van der Waals surface area (Å²) in [7, 11) is 0. The molecule has 0 fully saturated rings. The van der Waals surface area contributed by atoms with Gasteiger partial charge in [0.05, 0.1) is 12.2 Å². The SMILES string of the molecule is CC(=O)Nc1cccc2c1CCN(C(=O)NCc1ocnc1C)C2. The van der Waals surface area contributed by atoms with Crippen LogP contribution in [0.4, 0.5) is 10.5 Å². The highest BCUT2D eigenvalue weighted by Gasteiger charge is 2.22. The number of anilines is 1. The molecule has 24 heavy (non-hydrogen) atoms. The summed E-state index contributed by atoms with van der Waals surface area (Å²) in [6.45, 7) is 4.77. The van der Waals surface area contributed by atoms with Gasteiger partial charge in [-0.25, -0.2) is 9.78 Å². The first kappa shape index (κ1) is 16.0. The summed E-state index contributed by atoms with van der Waals surface area (Å²) in [5, 5.41) is 5.71. The lowest BCUT2D eigenvalue weighted by molar-refractivity contribution is -0.114. The van der Waals surface area contributed by atoms with Crippen molar-refractivity contribution in [3.8, 4) is 0 Å². The molecule has 7 nitrogen and oxygen atoms in total. The first-order chi connectivity index (χ1) is 11.5. The Hall–Kier alpha value is -2.83. The number of benzene rings is 1. The number of rotatable bonds is 3. The van der Waals surface area contributed by atoms with E-state index in [-0.39, 0.29) is 11.9 Å². The van der Waals surface area contributed by atoms with Crippen LogP contribution in [0.15, 0.2) is 29.0 Å². The largest absolute Gasteiger partial charge is 0.446 e. The third-order valence-corrected chi connectivity index (χ3v) is 4.11. The zero-order chi connectivity index (χ0) is 17.1. The number of carbonyl (C=O) groups is 2. The Kier molecular flexibility index (Phi) is 4.50. The number of carbonyl (C=O) groups excluding carboxylic acids is 2. The van der Waals surface area contributed by atoms with Crippen LogP contribution in [0.2, 0.25) is 0 Å². The Morgan fingerprint density at radius 2 is 2.21 bits per heavy atom. The Bertz CT molecular complexity index is 769. The predicted octanol–water partition coefficient (Wildman–Crippen LogP) is 2.21. The van der Waals surface area contributed by atoms with E-state index in [0.717, 1.165) is 22.5 Å². The number of aromatic nitrogens is 1. The standard InChI is InChI=1S/C17H20N4O3/c1-11-16(24-10-19-11)8-18-17(23)21-7-6-14-13(9-21)4-3-5-15(14)20-12(2)22/h3-5,10H,6-9H2,1-2H3,(H,18,23)(H,20,22). The molecule has 2 aromatic rings. The van der Waals surface area contributed by atoms with Crippen molar-refractivity contribution in [3.05, 3.63) is 47.2 Å². The minimum atomic E-state index is -0.138. The fraction of sp³-hybridized carbons (Fsp3) is 0.353. The Balaban J connectivity index is 1.65. The van der Waals surface area contributed by atoms with E-state index in [2.05, 4.69) is 15.6 Å². The summed E-state index contributed by atoms with van der Waals surface area (Å²) in [4.78, 5) is 29.4. The highest BCUT2D eigenvalue weighted by molar-refractivity contribution is 5.90. The van der Waals surface area contributed by atoms with Gasteiger partial charge in [-0.05, 0) is 30.5 Å². The van der Waals surface area contributed by atoms with Crippen molar-refractivity contribution in [3.63, 3.8) is 0 Å². The molecule has 3 amide bonds. The van der Waals surface area contributed by atoms with Gasteiger partial charge in [-0.3, -0.25) is 4.79 Å². The zero-order valence-corrected chi connectivity index (χ0v) is 13.8. The molecule has 0 atom stereocenters. The van der Waals surface area contributed by atoms with Crippen LogP contribution in [0.25, 0.3) is 0 Å². The summed E-state index contributed by atoms with van der Waals surface area (Å²) in [5.74, 6) is 0.569. The summed E-state index contributed by atoms with van der Waals surface area (Å²) in [6.07, 6.45) is 2.08. The van der Waals surface area contributed by atoms with E-state index < -0.39 is 0 Å². The van der Waals surface area contributed by atoms with Crippen LogP contribution in [0.3, 0.4) is 0 Å². The molecule has 1 aliphatic rings. The number of amides is 3. The van der Waals surface area contributed by atoms with E-state index in [9.17, 15) is 9.59 Å². The first-order valence-electron chi connectivity index (χ1n) is 7.84. The number of fused-ring (bicyclic) bond motifs is 1. The van der Waals surface area contributed by atoms with Crippen molar-refractivity contribution in [2.24, 2.45) is 0 Å². The third kappa shape index (κ3) is 3.40. The van der Waals surface area contributed by atoms with E-state index >= 15 is 0 Å². The summed E-state index contributed by atoms with van der Waals surface area (Å²) in [5.41, 5.74) is 3.76. The minimum absolute atomic E-state index is 0.0917. The molecule has 0 saturated heterocycles. The summed E-state index contributed by atoms with van der Waals surface area (Å²) in [6, 6.07) is 5.63. The van der Waals surface area contributed by atoms with Gasteiger partial charge in [0.25, 0.3) is 0 Å². The van der Waals surface area contributed by atoms with Gasteiger partial charge in [-0.15, -0.1) is 0 Å². The van der Waals surface area contributed by atoms with Crippen LogP contribution in [0, 0.1) is 6.92 Å². The Labute approximate surface area is 140 Å². The molecule has 0 bridgehead atoms. The first-order valence-corrected chi connectivity index (χ1v) is 7.84. The molecule has 7 heteroatoms. The van der Waals surface area contributed by atoms with Gasteiger partial charge in [0, 0.05) is 25.7 Å². The van der Waals surface area contributed by atoms with Crippen LogP contribution in [-0.2, 0) is 24.3 Å².